The second-order valence-electron chi connectivity index (χ2n) is 4.70. The van der Waals surface area contributed by atoms with Gasteiger partial charge in [0.1, 0.15) is 11.5 Å². The van der Waals surface area contributed by atoms with Crippen LogP contribution in [0.1, 0.15) is 22.3 Å². The van der Waals surface area contributed by atoms with Crippen LogP contribution in [0.3, 0.4) is 0 Å². The number of hydrogen-bond donors (Lipinski definition) is 0. The lowest BCUT2D eigenvalue weighted by atomic mass is 10.1. The van der Waals surface area contributed by atoms with Crippen molar-refractivity contribution in [2.24, 2.45) is 0 Å². The second kappa shape index (κ2) is 5.85. The summed E-state index contributed by atoms with van der Waals surface area (Å²) in [4.78, 5) is 0. The zero-order valence-electron chi connectivity index (χ0n) is 11.3. The lowest BCUT2D eigenvalue weighted by Crippen LogP contribution is -1.90. The molecule has 2 rings (SSSR count). The molecule has 0 aliphatic heterocycles. The van der Waals surface area contributed by atoms with Crippen LogP contribution in [-0.4, -0.2) is 0 Å². The third kappa shape index (κ3) is 3.23. The normalized spacial score (nSPS) is 10.6. The van der Waals surface area contributed by atoms with Crippen molar-refractivity contribution in [3.63, 3.8) is 0 Å². The van der Waals surface area contributed by atoms with Crippen molar-refractivity contribution in [3.8, 4) is 11.5 Å². The van der Waals surface area contributed by atoms with Crippen molar-refractivity contribution in [2.45, 2.75) is 26.7 Å². The zero-order valence-corrected chi connectivity index (χ0v) is 12.8. The molecule has 19 heavy (non-hydrogen) atoms. The van der Waals surface area contributed by atoms with E-state index in [4.69, 9.17) is 27.9 Å². The largest absolute Gasteiger partial charge is 0.457 e. The van der Waals surface area contributed by atoms with E-state index in [2.05, 4.69) is 0 Å². The molecule has 0 saturated carbocycles. The first-order valence-corrected chi connectivity index (χ1v) is 7.02. The summed E-state index contributed by atoms with van der Waals surface area (Å²) in [6.07, 6.45) is 0. The molecule has 0 N–H and O–H groups in total. The first kappa shape index (κ1) is 14.2. The Balaban J connectivity index is 2.29. The molecular weight excluding hydrogens is 279 g/mol. The summed E-state index contributed by atoms with van der Waals surface area (Å²) in [5.41, 5.74) is 4.30. The van der Waals surface area contributed by atoms with Crippen LogP contribution in [-0.2, 0) is 5.88 Å². The van der Waals surface area contributed by atoms with Crippen LogP contribution < -0.4 is 4.74 Å². The van der Waals surface area contributed by atoms with Crippen LogP contribution in [0.15, 0.2) is 30.3 Å². The molecule has 100 valence electrons. The third-order valence-electron chi connectivity index (χ3n) is 3.10. The van der Waals surface area contributed by atoms with Crippen molar-refractivity contribution >= 4 is 23.2 Å². The van der Waals surface area contributed by atoms with E-state index >= 15 is 0 Å². The van der Waals surface area contributed by atoms with Crippen molar-refractivity contribution in [1.29, 1.82) is 0 Å². The van der Waals surface area contributed by atoms with E-state index in [0.29, 0.717) is 5.88 Å². The smallest absolute Gasteiger partial charge is 0.128 e. The molecule has 0 spiro atoms. The molecule has 0 aromatic heterocycles. The van der Waals surface area contributed by atoms with Crippen LogP contribution in [0.4, 0.5) is 0 Å². The third-order valence-corrected chi connectivity index (χ3v) is 3.99. The van der Waals surface area contributed by atoms with Gasteiger partial charge in [-0.25, -0.2) is 0 Å². The van der Waals surface area contributed by atoms with Gasteiger partial charge in [0.2, 0.25) is 0 Å². The van der Waals surface area contributed by atoms with E-state index in [1.807, 2.05) is 51.1 Å². The maximum atomic E-state index is 6.15. The van der Waals surface area contributed by atoms with Crippen molar-refractivity contribution in [3.05, 3.63) is 57.6 Å². The Bertz CT molecular complexity index is 583. The Hall–Kier alpha value is -1.18. The predicted molar refractivity (Wildman–Crippen MR) is 81.7 cm³/mol. The van der Waals surface area contributed by atoms with Crippen LogP contribution in [0.25, 0.3) is 0 Å². The minimum Gasteiger partial charge on any atom is -0.457 e. The summed E-state index contributed by atoms with van der Waals surface area (Å²) in [5, 5.41) is 0.793. The summed E-state index contributed by atoms with van der Waals surface area (Å²) in [5.74, 6) is 2.13. The number of halogens is 2. The maximum Gasteiger partial charge on any atom is 0.128 e. The molecule has 0 fully saturated rings. The van der Waals surface area contributed by atoms with E-state index in [1.165, 1.54) is 0 Å². The molecule has 0 amide bonds. The Kier molecular flexibility index (Phi) is 4.38. The molecule has 2 aromatic carbocycles. The number of rotatable bonds is 3. The van der Waals surface area contributed by atoms with Gasteiger partial charge in [0.25, 0.3) is 0 Å². The van der Waals surface area contributed by atoms with Gasteiger partial charge in [0, 0.05) is 10.9 Å². The average Bonchev–Trinajstić information content (AvgIpc) is 2.36. The quantitative estimate of drug-likeness (QED) is 0.650. The Morgan fingerprint density at radius 3 is 2.00 bits per heavy atom. The Morgan fingerprint density at radius 1 is 0.895 bits per heavy atom. The first-order valence-electron chi connectivity index (χ1n) is 6.11. The van der Waals surface area contributed by atoms with Gasteiger partial charge in [-0.1, -0.05) is 17.7 Å². The number of hydrogen-bond acceptors (Lipinski definition) is 1. The lowest BCUT2D eigenvalue weighted by molar-refractivity contribution is 0.481. The molecular formula is C16H16Cl2O. The minimum absolute atomic E-state index is 0.519. The topological polar surface area (TPSA) is 9.23 Å². The monoisotopic (exact) mass is 294 g/mol. The van der Waals surface area contributed by atoms with Gasteiger partial charge >= 0.3 is 0 Å². The average molecular weight is 295 g/mol. The lowest BCUT2D eigenvalue weighted by Gasteiger charge is -2.11. The van der Waals surface area contributed by atoms with Gasteiger partial charge in [0.05, 0.1) is 0 Å². The first-order chi connectivity index (χ1) is 9.01. The Labute approximate surface area is 124 Å². The fraction of sp³-hybridized carbons (Fsp3) is 0.250. The van der Waals surface area contributed by atoms with E-state index in [9.17, 15) is 0 Å². The molecule has 0 aliphatic carbocycles. The molecule has 0 radical (unpaired) electrons. The van der Waals surface area contributed by atoms with Gasteiger partial charge < -0.3 is 4.74 Å². The predicted octanol–water partition coefficient (Wildman–Crippen LogP) is 5.80. The maximum absolute atomic E-state index is 6.15. The number of aryl methyl sites for hydroxylation is 3. The number of ether oxygens (including phenoxy) is 1. The summed E-state index contributed by atoms with van der Waals surface area (Å²) in [6, 6.07) is 9.81. The molecule has 3 heteroatoms. The van der Waals surface area contributed by atoms with Crippen molar-refractivity contribution < 1.29 is 4.74 Å². The molecule has 0 bridgehead atoms. The van der Waals surface area contributed by atoms with E-state index in [-0.39, 0.29) is 0 Å². The van der Waals surface area contributed by atoms with Gasteiger partial charge in [-0.15, -0.1) is 11.6 Å². The van der Waals surface area contributed by atoms with E-state index in [1.54, 1.807) is 0 Å². The highest BCUT2D eigenvalue weighted by molar-refractivity contribution is 6.32. The number of alkyl halides is 1. The van der Waals surface area contributed by atoms with Crippen LogP contribution in [0.2, 0.25) is 5.02 Å². The molecule has 2 aromatic rings. The highest BCUT2D eigenvalue weighted by Gasteiger charge is 2.06. The van der Waals surface area contributed by atoms with Crippen molar-refractivity contribution in [1.82, 2.24) is 0 Å². The Morgan fingerprint density at radius 2 is 1.47 bits per heavy atom. The van der Waals surface area contributed by atoms with E-state index < -0.39 is 0 Å². The number of benzene rings is 2. The minimum atomic E-state index is 0.519. The molecule has 0 heterocycles. The molecule has 0 saturated heterocycles. The molecule has 1 nitrogen and oxygen atoms in total. The zero-order chi connectivity index (χ0) is 14.0. The van der Waals surface area contributed by atoms with Crippen LogP contribution in [0.5, 0.6) is 11.5 Å². The SMILES string of the molecule is Cc1cc(Oc2cc(C)c(Cl)c(C)c2)ccc1CCl. The van der Waals surface area contributed by atoms with Crippen molar-refractivity contribution in [2.75, 3.05) is 0 Å². The fourth-order valence-corrected chi connectivity index (χ4v) is 2.39. The van der Waals surface area contributed by atoms with Gasteiger partial charge in [-0.05, 0) is 67.3 Å². The highest BCUT2D eigenvalue weighted by Crippen LogP contribution is 2.30. The van der Waals surface area contributed by atoms with Gasteiger partial charge in [-0.2, -0.15) is 0 Å². The van der Waals surface area contributed by atoms with Crippen LogP contribution in [0, 0.1) is 20.8 Å². The molecule has 0 unspecified atom stereocenters. The summed E-state index contributed by atoms with van der Waals surface area (Å²) >= 11 is 12.0. The summed E-state index contributed by atoms with van der Waals surface area (Å²) in [6.45, 7) is 5.98. The highest BCUT2D eigenvalue weighted by atomic mass is 35.5. The van der Waals surface area contributed by atoms with E-state index in [0.717, 1.165) is 38.8 Å². The second-order valence-corrected chi connectivity index (χ2v) is 5.34. The van der Waals surface area contributed by atoms with Crippen LogP contribution >= 0.6 is 23.2 Å². The summed E-state index contributed by atoms with van der Waals surface area (Å²) in [7, 11) is 0. The fourth-order valence-electron chi connectivity index (χ4n) is 1.98. The van der Waals surface area contributed by atoms with Gasteiger partial charge in [0.15, 0.2) is 0 Å². The molecule has 0 atom stereocenters. The standard InChI is InChI=1S/C16H16Cl2O/c1-10-6-14(5-4-13(10)9-17)19-15-7-11(2)16(18)12(3)8-15/h4-8H,9H2,1-3H3. The van der Waals surface area contributed by atoms with Gasteiger partial charge in [-0.3, -0.25) is 0 Å². The summed E-state index contributed by atoms with van der Waals surface area (Å²) < 4.78 is 5.87. The molecule has 0 aliphatic rings.